The Labute approximate surface area is 114 Å². The van der Waals surface area contributed by atoms with Crippen molar-refractivity contribution in [1.82, 2.24) is 4.98 Å². The Hall–Kier alpha value is -1.55. The number of hydrogen-bond donors (Lipinski definition) is 0. The Bertz CT molecular complexity index is 598. The summed E-state index contributed by atoms with van der Waals surface area (Å²) in [5, 5.41) is 0. The van der Waals surface area contributed by atoms with Crippen LogP contribution in [-0.4, -0.2) is 12.1 Å². The first kappa shape index (κ1) is 11.5. The SMILES string of the molecule is COc1ccc2c(n1)CCc1ccc(Br)cc1O2. The average molecular weight is 306 g/mol. The van der Waals surface area contributed by atoms with Crippen molar-refractivity contribution in [2.75, 3.05) is 7.11 Å². The molecule has 3 rings (SSSR count). The van der Waals surface area contributed by atoms with Crippen LogP contribution in [0, 0.1) is 0 Å². The summed E-state index contributed by atoms with van der Waals surface area (Å²) < 4.78 is 12.1. The van der Waals surface area contributed by atoms with E-state index in [0.29, 0.717) is 5.88 Å². The lowest BCUT2D eigenvalue weighted by Gasteiger charge is -2.09. The topological polar surface area (TPSA) is 31.4 Å². The molecule has 0 bridgehead atoms. The van der Waals surface area contributed by atoms with Gasteiger partial charge >= 0.3 is 0 Å². The second-order valence-electron chi connectivity index (χ2n) is 4.15. The number of aryl methyl sites for hydroxylation is 2. The molecular weight excluding hydrogens is 294 g/mol. The van der Waals surface area contributed by atoms with Gasteiger partial charge in [0.15, 0.2) is 0 Å². The van der Waals surface area contributed by atoms with Crippen molar-refractivity contribution in [1.29, 1.82) is 0 Å². The van der Waals surface area contributed by atoms with Crippen molar-refractivity contribution in [3.8, 4) is 17.4 Å². The van der Waals surface area contributed by atoms with Crippen molar-refractivity contribution >= 4 is 15.9 Å². The molecule has 1 aliphatic heterocycles. The maximum atomic E-state index is 5.93. The van der Waals surface area contributed by atoms with E-state index in [-0.39, 0.29) is 0 Å². The molecule has 2 aromatic rings. The van der Waals surface area contributed by atoms with Crippen molar-refractivity contribution < 1.29 is 9.47 Å². The van der Waals surface area contributed by atoms with Gasteiger partial charge in [-0.25, -0.2) is 4.98 Å². The number of halogens is 1. The first-order chi connectivity index (χ1) is 8.76. The van der Waals surface area contributed by atoms with E-state index in [4.69, 9.17) is 9.47 Å². The minimum Gasteiger partial charge on any atom is -0.481 e. The van der Waals surface area contributed by atoms with Crippen molar-refractivity contribution in [3.63, 3.8) is 0 Å². The quantitative estimate of drug-likeness (QED) is 0.804. The van der Waals surface area contributed by atoms with Crippen LogP contribution in [0.4, 0.5) is 0 Å². The molecule has 0 fully saturated rings. The maximum absolute atomic E-state index is 5.93. The van der Waals surface area contributed by atoms with Gasteiger partial charge in [-0.3, -0.25) is 0 Å². The molecule has 0 radical (unpaired) electrons. The van der Waals surface area contributed by atoms with E-state index < -0.39 is 0 Å². The van der Waals surface area contributed by atoms with Crippen LogP contribution < -0.4 is 9.47 Å². The Morgan fingerprint density at radius 3 is 2.89 bits per heavy atom. The molecule has 0 spiro atoms. The lowest BCUT2D eigenvalue weighted by Crippen LogP contribution is -1.96. The van der Waals surface area contributed by atoms with Crippen LogP contribution >= 0.6 is 15.9 Å². The highest BCUT2D eigenvalue weighted by molar-refractivity contribution is 9.10. The minimum atomic E-state index is 0.629. The summed E-state index contributed by atoms with van der Waals surface area (Å²) in [5.41, 5.74) is 2.15. The number of fused-ring (bicyclic) bond motifs is 2. The van der Waals surface area contributed by atoms with Crippen LogP contribution in [0.1, 0.15) is 11.3 Å². The van der Waals surface area contributed by atoms with Crippen LogP contribution in [0.25, 0.3) is 0 Å². The Morgan fingerprint density at radius 1 is 1.17 bits per heavy atom. The number of pyridine rings is 1. The van der Waals surface area contributed by atoms with Gasteiger partial charge in [0, 0.05) is 10.5 Å². The normalized spacial score (nSPS) is 13.0. The maximum Gasteiger partial charge on any atom is 0.213 e. The summed E-state index contributed by atoms with van der Waals surface area (Å²) in [6, 6.07) is 9.85. The second-order valence-corrected chi connectivity index (χ2v) is 5.07. The first-order valence-electron chi connectivity index (χ1n) is 5.76. The Balaban J connectivity index is 2.03. The summed E-state index contributed by atoms with van der Waals surface area (Å²) in [4.78, 5) is 4.44. The molecule has 0 unspecified atom stereocenters. The molecule has 92 valence electrons. The fourth-order valence-corrected chi connectivity index (χ4v) is 2.40. The molecule has 0 saturated heterocycles. The zero-order valence-corrected chi connectivity index (χ0v) is 11.5. The van der Waals surface area contributed by atoms with Gasteiger partial charge in [0.2, 0.25) is 5.88 Å². The highest BCUT2D eigenvalue weighted by atomic mass is 79.9. The third-order valence-electron chi connectivity index (χ3n) is 3.00. The molecule has 18 heavy (non-hydrogen) atoms. The molecule has 0 saturated carbocycles. The van der Waals surface area contributed by atoms with Gasteiger partial charge in [-0.05, 0) is 36.6 Å². The molecule has 1 aromatic carbocycles. The molecule has 1 aromatic heterocycles. The van der Waals surface area contributed by atoms with Gasteiger partial charge in [-0.15, -0.1) is 0 Å². The fraction of sp³-hybridized carbons (Fsp3) is 0.214. The first-order valence-corrected chi connectivity index (χ1v) is 6.56. The lowest BCUT2D eigenvalue weighted by atomic mass is 10.1. The van der Waals surface area contributed by atoms with E-state index in [9.17, 15) is 0 Å². The van der Waals surface area contributed by atoms with E-state index in [1.807, 2.05) is 24.3 Å². The molecule has 3 nitrogen and oxygen atoms in total. The standard InChI is InChI=1S/C14H12BrNO2/c1-17-14-7-6-12-11(16-14)5-3-9-2-4-10(15)8-13(9)18-12/h2,4,6-8H,3,5H2,1H3. The highest BCUT2D eigenvalue weighted by Crippen LogP contribution is 2.35. The number of aromatic nitrogens is 1. The van der Waals surface area contributed by atoms with Gasteiger partial charge in [-0.1, -0.05) is 22.0 Å². The summed E-state index contributed by atoms with van der Waals surface area (Å²) in [7, 11) is 1.62. The van der Waals surface area contributed by atoms with Crippen molar-refractivity contribution in [3.05, 3.63) is 46.1 Å². The van der Waals surface area contributed by atoms with E-state index in [0.717, 1.165) is 34.5 Å². The largest absolute Gasteiger partial charge is 0.481 e. The number of hydrogen-bond acceptors (Lipinski definition) is 3. The summed E-state index contributed by atoms with van der Waals surface area (Å²) in [6.07, 6.45) is 1.79. The monoisotopic (exact) mass is 305 g/mol. The molecule has 2 heterocycles. The molecule has 0 atom stereocenters. The molecule has 0 N–H and O–H groups in total. The Kier molecular flexibility index (Phi) is 2.96. The van der Waals surface area contributed by atoms with Gasteiger partial charge in [0.25, 0.3) is 0 Å². The van der Waals surface area contributed by atoms with Crippen molar-refractivity contribution in [2.24, 2.45) is 0 Å². The number of benzene rings is 1. The average Bonchev–Trinajstić information content (AvgIpc) is 2.56. The van der Waals surface area contributed by atoms with Crippen LogP contribution in [-0.2, 0) is 12.8 Å². The lowest BCUT2D eigenvalue weighted by molar-refractivity contribution is 0.393. The van der Waals surface area contributed by atoms with Crippen molar-refractivity contribution in [2.45, 2.75) is 12.8 Å². The molecule has 4 heteroatoms. The zero-order valence-electron chi connectivity index (χ0n) is 9.94. The van der Waals surface area contributed by atoms with Gasteiger partial charge in [-0.2, -0.15) is 0 Å². The van der Waals surface area contributed by atoms with E-state index in [1.165, 1.54) is 5.56 Å². The molecular formula is C14H12BrNO2. The summed E-state index contributed by atoms with van der Waals surface area (Å²) in [5.74, 6) is 2.34. The predicted octanol–water partition coefficient (Wildman–Crippen LogP) is 3.74. The molecule has 1 aliphatic rings. The van der Waals surface area contributed by atoms with E-state index >= 15 is 0 Å². The van der Waals surface area contributed by atoms with Crippen LogP contribution in [0.2, 0.25) is 0 Å². The van der Waals surface area contributed by atoms with E-state index in [1.54, 1.807) is 7.11 Å². The van der Waals surface area contributed by atoms with Crippen LogP contribution in [0.15, 0.2) is 34.8 Å². The fourth-order valence-electron chi connectivity index (χ4n) is 2.06. The number of ether oxygens (including phenoxy) is 2. The predicted molar refractivity (Wildman–Crippen MR) is 72.4 cm³/mol. The number of rotatable bonds is 1. The van der Waals surface area contributed by atoms with Crippen LogP contribution in [0.5, 0.6) is 17.4 Å². The number of methoxy groups -OCH3 is 1. The summed E-state index contributed by atoms with van der Waals surface area (Å²) >= 11 is 3.46. The highest BCUT2D eigenvalue weighted by Gasteiger charge is 2.16. The zero-order chi connectivity index (χ0) is 12.5. The third kappa shape index (κ3) is 2.08. The molecule has 0 amide bonds. The smallest absolute Gasteiger partial charge is 0.213 e. The second kappa shape index (κ2) is 4.61. The van der Waals surface area contributed by atoms with E-state index in [2.05, 4.69) is 27.0 Å². The van der Waals surface area contributed by atoms with Crippen LogP contribution in [0.3, 0.4) is 0 Å². The van der Waals surface area contributed by atoms with Gasteiger partial charge < -0.3 is 9.47 Å². The van der Waals surface area contributed by atoms with Gasteiger partial charge in [0.05, 0.1) is 12.8 Å². The minimum absolute atomic E-state index is 0.629. The third-order valence-corrected chi connectivity index (χ3v) is 3.49. The summed E-state index contributed by atoms with van der Waals surface area (Å²) in [6.45, 7) is 0. The molecule has 0 aliphatic carbocycles. The van der Waals surface area contributed by atoms with Gasteiger partial charge in [0.1, 0.15) is 11.5 Å². The Morgan fingerprint density at radius 2 is 2.06 bits per heavy atom. The number of nitrogens with zero attached hydrogens (tertiary/aromatic N) is 1.